The van der Waals surface area contributed by atoms with Gasteiger partial charge in [-0.3, -0.25) is 10.8 Å². The van der Waals surface area contributed by atoms with Gasteiger partial charge in [-0.15, -0.1) is 0 Å². The van der Waals surface area contributed by atoms with Crippen molar-refractivity contribution in [3.63, 3.8) is 0 Å². The summed E-state index contributed by atoms with van der Waals surface area (Å²) in [6, 6.07) is 23.8. The Hall–Kier alpha value is -3.80. The Morgan fingerprint density at radius 1 is 0.500 bits per heavy atom. The quantitative estimate of drug-likeness (QED) is 0.319. The van der Waals surface area contributed by atoms with Crippen LogP contribution in [0.4, 0.5) is 11.4 Å². The van der Waals surface area contributed by atoms with Gasteiger partial charge in [-0.25, -0.2) is 0 Å². The van der Waals surface area contributed by atoms with Crippen molar-refractivity contribution < 1.29 is 0 Å². The lowest BCUT2D eigenvalue weighted by Crippen LogP contribution is -2.20. The SMILES string of the molecule is N=C(N)Nc1ccc(-c2ccc(-c3ccc(NC(=N)N)cc3)cc2)cc1. The highest BCUT2D eigenvalue weighted by Gasteiger charge is 2.02. The number of nitrogens with two attached hydrogens (primary N) is 2. The Bertz CT molecular complexity index is 834. The number of rotatable bonds is 4. The van der Waals surface area contributed by atoms with Crippen LogP contribution in [0.25, 0.3) is 22.3 Å². The standard InChI is InChI=1S/C20H20N6/c21-19(22)25-17-9-5-15(6-10-17)13-1-2-14(4-3-13)16-7-11-18(12-8-16)26-20(23)24/h1-12H,(H4,21,22,25)(H4,23,24,26). The van der Waals surface area contributed by atoms with Gasteiger partial charge < -0.3 is 22.1 Å². The average Bonchev–Trinajstić information content (AvgIpc) is 2.62. The van der Waals surface area contributed by atoms with Crippen LogP contribution in [0.3, 0.4) is 0 Å². The van der Waals surface area contributed by atoms with Crippen molar-refractivity contribution >= 4 is 23.3 Å². The zero-order valence-electron chi connectivity index (χ0n) is 14.1. The molecule has 0 radical (unpaired) electrons. The number of guanidine groups is 2. The van der Waals surface area contributed by atoms with Crippen LogP contribution < -0.4 is 22.1 Å². The molecule has 0 aliphatic carbocycles. The summed E-state index contributed by atoms with van der Waals surface area (Å²) in [5.41, 5.74) is 16.6. The molecule has 3 aromatic rings. The summed E-state index contributed by atoms with van der Waals surface area (Å²) < 4.78 is 0. The van der Waals surface area contributed by atoms with Crippen molar-refractivity contribution in [3.8, 4) is 22.3 Å². The average molecular weight is 344 g/mol. The van der Waals surface area contributed by atoms with Crippen LogP contribution in [0.5, 0.6) is 0 Å². The van der Waals surface area contributed by atoms with E-state index in [0.717, 1.165) is 33.6 Å². The van der Waals surface area contributed by atoms with E-state index >= 15 is 0 Å². The fourth-order valence-corrected chi connectivity index (χ4v) is 2.66. The predicted octanol–water partition coefficient (Wildman–Crippen LogP) is 3.63. The molecule has 0 aromatic heterocycles. The highest BCUT2D eigenvalue weighted by Crippen LogP contribution is 2.26. The van der Waals surface area contributed by atoms with E-state index in [2.05, 4.69) is 34.9 Å². The third-order valence-electron chi connectivity index (χ3n) is 3.88. The summed E-state index contributed by atoms with van der Waals surface area (Å²) in [6.07, 6.45) is 0. The molecule has 6 nitrogen and oxygen atoms in total. The Morgan fingerprint density at radius 2 is 0.731 bits per heavy atom. The maximum Gasteiger partial charge on any atom is 0.190 e. The molecule has 3 aromatic carbocycles. The molecule has 0 spiro atoms. The third-order valence-corrected chi connectivity index (χ3v) is 3.88. The van der Waals surface area contributed by atoms with Crippen LogP contribution in [-0.4, -0.2) is 11.9 Å². The maximum absolute atomic E-state index is 7.25. The van der Waals surface area contributed by atoms with Gasteiger partial charge >= 0.3 is 0 Å². The van der Waals surface area contributed by atoms with Gasteiger partial charge in [-0.1, -0.05) is 48.5 Å². The first kappa shape index (κ1) is 17.0. The molecule has 0 atom stereocenters. The molecule has 0 unspecified atom stereocenters. The normalized spacial score (nSPS) is 10.2. The van der Waals surface area contributed by atoms with Crippen molar-refractivity contribution in [2.75, 3.05) is 10.6 Å². The Morgan fingerprint density at radius 3 is 0.962 bits per heavy atom. The minimum Gasteiger partial charge on any atom is -0.370 e. The summed E-state index contributed by atoms with van der Waals surface area (Å²) in [4.78, 5) is 0. The van der Waals surface area contributed by atoms with Gasteiger partial charge in [0.1, 0.15) is 0 Å². The molecule has 0 saturated heterocycles. The molecule has 0 saturated carbocycles. The van der Waals surface area contributed by atoms with Gasteiger partial charge in [0, 0.05) is 11.4 Å². The number of anilines is 2. The second-order valence-corrected chi connectivity index (χ2v) is 5.81. The zero-order chi connectivity index (χ0) is 18.5. The van der Waals surface area contributed by atoms with Crippen LogP contribution >= 0.6 is 0 Å². The first-order chi connectivity index (χ1) is 12.5. The van der Waals surface area contributed by atoms with Gasteiger partial charge in [-0.05, 0) is 46.5 Å². The fraction of sp³-hybridized carbons (Fsp3) is 0. The Labute approximate surface area is 151 Å². The van der Waals surface area contributed by atoms with Gasteiger partial charge in [0.05, 0.1) is 0 Å². The van der Waals surface area contributed by atoms with E-state index in [9.17, 15) is 0 Å². The van der Waals surface area contributed by atoms with E-state index in [1.165, 1.54) is 0 Å². The van der Waals surface area contributed by atoms with Gasteiger partial charge in [0.15, 0.2) is 11.9 Å². The highest BCUT2D eigenvalue weighted by atomic mass is 15.0. The van der Waals surface area contributed by atoms with E-state index in [1.807, 2.05) is 48.5 Å². The van der Waals surface area contributed by atoms with Crippen LogP contribution in [-0.2, 0) is 0 Å². The van der Waals surface area contributed by atoms with E-state index in [1.54, 1.807) is 0 Å². The maximum atomic E-state index is 7.25. The Balaban J connectivity index is 1.75. The molecule has 3 rings (SSSR count). The molecule has 0 heterocycles. The minimum atomic E-state index is -0.0772. The molecule has 8 N–H and O–H groups in total. The van der Waals surface area contributed by atoms with Gasteiger partial charge in [-0.2, -0.15) is 0 Å². The van der Waals surface area contributed by atoms with Crippen LogP contribution in [0.1, 0.15) is 0 Å². The number of hydrogen-bond donors (Lipinski definition) is 6. The molecule has 6 heteroatoms. The first-order valence-electron chi connectivity index (χ1n) is 8.04. The summed E-state index contributed by atoms with van der Waals surface area (Å²) in [5.74, 6) is -0.154. The molecular formula is C20H20N6. The first-order valence-corrected chi connectivity index (χ1v) is 8.04. The van der Waals surface area contributed by atoms with Crippen molar-refractivity contribution in [2.45, 2.75) is 0 Å². The number of hydrogen-bond acceptors (Lipinski definition) is 2. The zero-order valence-corrected chi connectivity index (χ0v) is 14.1. The van der Waals surface area contributed by atoms with Gasteiger partial charge in [0.2, 0.25) is 0 Å². The lowest BCUT2D eigenvalue weighted by atomic mass is 10.00. The summed E-state index contributed by atoms with van der Waals surface area (Å²) >= 11 is 0. The van der Waals surface area contributed by atoms with Crippen molar-refractivity contribution in [1.29, 1.82) is 10.8 Å². The van der Waals surface area contributed by atoms with Crippen molar-refractivity contribution in [3.05, 3.63) is 72.8 Å². The van der Waals surface area contributed by atoms with Gasteiger partial charge in [0.25, 0.3) is 0 Å². The summed E-state index contributed by atoms with van der Waals surface area (Å²) in [6.45, 7) is 0. The van der Waals surface area contributed by atoms with Crippen LogP contribution in [0.15, 0.2) is 72.8 Å². The second-order valence-electron chi connectivity index (χ2n) is 5.81. The molecule has 0 fully saturated rings. The lowest BCUT2D eigenvalue weighted by molar-refractivity contribution is 1.41. The summed E-state index contributed by atoms with van der Waals surface area (Å²) in [5, 5.41) is 20.0. The molecule has 130 valence electrons. The van der Waals surface area contributed by atoms with E-state index in [-0.39, 0.29) is 11.9 Å². The highest BCUT2D eigenvalue weighted by molar-refractivity contribution is 5.90. The third kappa shape index (κ3) is 4.18. The molecule has 26 heavy (non-hydrogen) atoms. The van der Waals surface area contributed by atoms with Crippen molar-refractivity contribution in [1.82, 2.24) is 0 Å². The molecular weight excluding hydrogens is 324 g/mol. The van der Waals surface area contributed by atoms with E-state index in [4.69, 9.17) is 22.3 Å². The Kier molecular flexibility index (Phi) is 4.85. The molecule has 0 amide bonds. The fourth-order valence-electron chi connectivity index (χ4n) is 2.66. The number of benzene rings is 3. The smallest absolute Gasteiger partial charge is 0.190 e. The topological polar surface area (TPSA) is 124 Å². The van der Waals surface area contributed by atoms with Crippen molar-refractivity contribution in [2.24, 2.45) is 11.5 Å². The van der Waals surface area contributed by atoms with Crippen LogP contribution in [0.2, 0.25) is 0 Å². The van der Waals surface area contributed by atoms with E-state index in [0.29, 0.717) is 0 Å². The molecule has 0 aliphatic heterocycles. The lowest BCUT2D eigenvalue weighted by Gasteiger charge is -2.08. The largest absolute Gasteiger partial charge is 0.370 e. The second kappa shape index (κ2) is 7.40. The number of nitrogens with one attached hydrogen (secondary N) is 4. The predicted molar refractivity (Wildman–Crippen MR) is 108 cm³/mol. The molecule has 0 aliphatic rings. The van der Waals surface area contributed by atoms with Crippen LogP contribution in [0, 0.1) is 10.8 Å². The van der Waals surface area contributed by atoms with E-state index < -0.39 is 0 Å². The monoisotopic (exact) mass is 344 g/mol. The summed E-state index contributed by atoms with van der Waals surface area (Å²) in [7, 11) is 0. The minimum absolute atomic E-state index is 0.0772. The molecule has 0 bridgehead atoms.